The van der Waals surface area contributed by atoms with Crippen LogP contribution in [0.4, 0.5) is 0 Å². The van der Waals surface area contributed by atoms with Gasteiger partial charge in [0.1, 0.15) is 11.5 Å². The number of rotatable bonds is 9. The number of ether oxygens (including phenoxy) is 1. The molecule has 31 heavy (non-hydrogen) atoms. The van der Waals surface area contributed by atoms with Crippen molar-refractivity contribution < 1.29 is 14.6 Å². The molecule has 0 radical (unpaired) electrons. The summed E-state index contributed by atoms with van der Waals surface area (Å²) in [6.45, 7) is 6.90. The lowest BCUT2D eigenvalue weighted by atomic mass is 9.96. The van der Waals surface area contributed by atoms with E-state index in [2.05, 4.69) is 17.6 Å². The van der Waals surface area contributed by atoms with Crippen LogP contribution in [0.25, 0.3) is 11.1 Å². The smallest absolute Gasteiger partial charge is 0.251 e. The number of primary amides is 1. The molecular weight excluding hydrogens is 388 g/mol. The zero-order valence-corrected chi connectivity index (χ0v) is 18.9. The van der Waals surface area contributed by atoms with Crippen LogP contribution in [0.1, 0.15) is 52.6 Å². The molecule has 164 valence electrons. The average Bonchev–Trinajstić information content (AvgIpc) is 3.03. The number of phenols is 1. The molecule has 1 aromatic heterocycles. The summed E-state index contributed by atoms with van der Waals surface area (Å²) in [6, 6.07) is 13.3. The van der Waals surface area contributed by atoms with Gasteiger partial charge in [0.05, 0.1) is 12.7 Å². The van der Waals surface area contributed by atoms with Crippen LogP contribution < -0.4 is 10.5 Å². The summed E-state index contributed by atoms with van der Waals surface area (Å²) in [5.41, 5.74) is 12.6. The maximum Gasteiger partial charge on any atom is 0.251 e. The summed E-state index contributed by atoms with van der Waals surface area (Å²) < 4.78 is 7.67. The first-order valence-corrected chi connectivity index (χ1v) is 10.8. The fourth-order valence-electron chi connectivity index (χ4n) is 4.25. The van der Waals surface area contributed by atoms with Gasteiger partial charge >= 0.3 is 0 Å². The molecule has 2 aromatic carbocycles. The SMILES string of the molecule is CCCCc1c(-c2ccc(OC)c(C)c2)c(C(N)=O)c(C)n1CCc1ccc(O)cc1. The van der Waals surface area contributed by atoms with Gasteiger partial charge in [-0.3, -0.25) is 4.79 Å². The van der Waals surface area contributed by atoms with Gasteiger partial charge in [-0.05, 0) is 74.1 Å². The summed E-state index contributed by atoms with van der Waals surface area (Å²) in [4.78, 5) is 12.5. The number of methoxy groups -OCH3 is 1. The molecule has 0 aliphatic heterocycles. The minimum atomic E-state index is -0.401. The van der Waals surface area contributed by atoms with E-state index in [-0.39, 0.29) is 5.75 Å². The highest BCUT2D eigenvalue weighted by atomic mass is 16.5. The first-order chi connectivity index (χ1) is 14.9. The maximum atomic E-state index is 12.5. The van der Waals surface area contributed by atoms with Gasteiger partial charge in [0.25, 0.3) is 5.91 Å². The van der Waals surface area contributed by atoms with E-state index in [4.69, 9.17) is 10.5 Å². The Balaban J connectivity index is 2.11. The largest absolute Gasteiger partial charge is 0.508 e. The van der Waals surface area contributed by atoms with Crippen LogP contribution in [0.3, 0.4) is 0 Å². The molecule has 1 amide bonds. The minimum absolute atomic E-state index is 0.262. The van der Waals surface area contributed by atoms with Crippen molar-refractivity contribution >= 4 is 5.91 Å². The van der Waals surface area contributed by atoms with Crippen LogP contribution in [-0.2, 0) is 19.4 Å². The van der Waals surface area contributed by atoms with Crippen molar-refractivity contribution in [2.45, 2.75) is 53.0 Å². The zero-order chi connectivity index (χ0) is 22.5. The molecule has 0 aliphatic carbocycles. The zero-order valence-electron chi connectivity index (χ0n) is 18.9. The van der Waals surface area contributed by atoms with Gasteiger partial charge in [-0.15, -0.1) is 0 Å². The van der Waals surface area contributed by atoms with E-state index < -0.39 is 5.91 Å². The van der Waals surface area contributed by atoms with Gasteiger partial charge in [-0.1, -0.05) is 31.5 Å². The third-order valence-electron chi connectivity index (χ3n) is 5.89. The molecule has 5 nitrogen and oxygen atoms in total. The molecule has 0 spiro atoms. The average molecular weight is 421 g/mol. The Morgan fingerprint density at radius 3 is 2.39 bits per heavy atom. The number of phenolic OH excluding ortho intramolecular Hbond substituents is 1. The molecule has 3 N–H and O–H groups in total. The standard InChI is InChI=1S/C26H32N2O3/c1-5-6-7-22-25(20-10-13-23(31-4)17(2)16-20)24(26(27)30)18(3)28(22)15-14-19-8-11-21(29)12-9-19/h8-13,16,29H,5-7,14-15H2,1-4H3,(H2,27,30). The Labute approximate surface area is 184 Å². The Bertz CT molecular complexity index is 1070. The van der Waals surface area contributed by atoms with Gasteiger partial charge in [-0.2, -0.15) is 0 Å². The monoisotopic (exact) mass is 420 g/mol. The second-order valence-electron chi connectivity index (χ2n) is 8.00. The van der Waals surface area contributed by atoms with Gasteiger partial charge in [0.15, 0.2) is 0 Å². The minimum Gasteiger partial charge on any atom is -0.508 e. The lowest BCUT2D eigenvalue weighted by molar-refractivity contribution is 0.1000. The number of unbranched alkanes of at least 4 members (excludes halogenated alkanes) is 1. The van der Waals surface area contributed by atoms with Crippen molar-refractivity contribution in [3.63, 3.8) is 0 Å². The number of nitrogens with zero attached hydrogens (tertiary/aromatic N) is 1. The second kappa shape index (κ2) is 9.73. The van der Waals surface area contributed by atoms with Crippen LogP contribution in [0.2, 0.25) is 0 Å². The van der Waals surface area contributed by atoms with Crippen molar-refractivity contribution in [2.24, 2.45) is 5.73 Å². The number of carbonyl (C=O) groups is 1. The third kappa shape index (κ3) is 4.76. The summed E-state index contributed by atoms with van der Waals surface area (Å²) in [5, 5.41) is 9.55. The molecule has 0 atom stereocenters. The predicted molar refractivity (Wildman–Crippen MR) is 125 cm³/mol. The Kier molecular flexibility index (Phi) is 7.06. The van der Waals surface area contributed by atoms with Gasteiger partial charge in [0.2, 0.25) is 0 Å². The molecule has 5 heteroatoms. The normalized spacial score (nSPS) is 11.0. The van der Waals surface area contributed by atoms with E-state index in [1.165, 1.54) is 0 Å². The van der Waals surface area contributed by atoms with Crippen molar-refractivity contribution in [1.29, 1.82) is 0 Å². The summed E-state index contributed by atoms with van der Waals surface area (Å²) >= 11 is 0. The Morgan fingerprint density at radius 2 is 1.81 bits per heavy atom. The van der Waals surface area contributed by atoms with Gasteiger partial charge in [-0.25, -0.2) is 0 Å². The van der Waals surface area contributed by atoms with E-state index in [0.29, 0.717) is 5.56 Å². The van der Waals surface area contributed by atoms with Crippen LogP contribution in [0, 0.1) is 13.8 Å². The van der Waals surface area contributed by atoms with E-state index in [1.807, 2.05) is 38.1 Å². The molecule has 3 aromatic rings. The maximum absolute atomic E-state index is 12.5. The third-order valence-corrected chi connectivity index (χ3v) is 5.89. The van der Waals surface area contributed by atoms with E-state index >= 15 is 0 Å². The fourth-order valence-corrected chi connectivity index (χ4v) is 4.25. The number of aryl methyl sites for hydroxylation is 2. The number of carbonyl (C=O) groups excluding carboxylic acids is 1. The van der Waals surface area contributed by atoms with Crippen LogP contribution >= 0.6 is 0 Å². The number of aromatic hydroxyl groups is 1. The summed E-state index contributed by atoms with van der Waals surface area (Å²) in [6.07, 6.45) is 3.77. The first-order valence-electron chi connectivity index (χ1n) is 10.8. The van der Waals surface area contributed by atoms with Crippen LogP contribution in [-0.4, -0.2) is 22.7 Å². The number of aromatic nitrogens is 1. The summed E-state index contributed by atoms with van der Waals surface area (Å²) in [5.74, 6) is 0.683. The van der Waals surface area contributed by atoms with Crippen molar-refractivity contribution in [3.8, 4) is 22.6 Å². The van der Waals surface area contributed by atoms with Crippen LogP contribution in [0.15, 0.2) is 42.5 Å². The lowest BCUT2D eigenvalue weighted by Crippen LogP contribution is -2.14. The molecule has 0 saturated carbocycles. The molecule has 0 saturated heterocycles. The number of nitrogens with two attached hydrogens (primary N) is 1. The predicted octanol–water partition coefficient (Wildman–Crippen LogP) is 5.17. The molecule has 0 unspecified atom stereocenters. The fraction of sp³-hybridized carbons (Fsp3) is 0.346. The van der Waals surface area contributed by atoms with Crippen molar-refractivity contribution in [3.05, 3.63) is 70.5 Å². The van der Waals surface area contributed by atoms with E-state index in [0.717, 1.165) is 71.6 Å². The Morgan fingerprint density at radius 1 is 1.10 bits per heavy atom. The van der Waals surface area contributed by atoms with Crippen molar-refractivity contribution in [1.82, 2.24) is 4.57 Å². The lowest BCUT2D eigenvalue weighted by Gasteiger charge is -2.14. The van der Waals surface area contributed by atoms with E-state index in [1.54, 1.807) is 19.2 Å². The number of benzene rings is 2. The van der Waals surface area contributed by atoms with Gasteiger partial charge < -0.3 is 20.1 Å². The summed E-state index contributed by atoms with van der Waals surface area (Å²) in [7, 11) is 1.66. The number of hydrogen-bond donors (Lipinski definition) is 2. The topological polar surface area (TPSA) is 77.5 Å². The molecule has 1 heterocycles. The molecule has 0 aliphatic rings. The van der Waals surface area contributed by atoms with Crippen molar-refractivity contribution in [2.75, 3.05) is 7.11 Å². The quantitative estimate of drug-likeness (QED) is 0.501. The van der Waals surface area contributed by atoms with E-state index in [9.17, 15) is 9.90 Å². The number of hydrogen-bond acceptors (Lipinski definition) is 3. The Hall–Kier alpha value is -3.21. The molecule has 0 fully saturated rings. The highest BCUT2D eigenvalue weighted by Gasteiger charge is 2.24. The highest BCUT2D eigenvalue weighted by molar-refractivity contribution is 6.02. The second-order valence-corrected chi connectivity index (χ2v) is 8.00. The van der Waals surface area contributed by atoms with Gasteiger partial charge in [0, 0.05) is 23.5 Å². The highest BCUT2D eigenvalue weighted by Crippen LogP contribution is 2.36. The molecule has 0 bridgehead atoms. The molecular formula is C26H32N2O3. The molecule has 3 rings (SSSR count). The number of amides is 1. The first kappa shape index (κ1) is 22.5. The van der Waals surface area contributed by atoms with Crippen LogP contribution in [0.5, 0.6) is 11.5 Å².